The van der Waals surface area contributed by atoms with Crippen LogP contribution >= 0.6 is 11.8 Å². The molecule has 3 rings (SSSR count). The Balaban J connectivity index is 1.96. The van der Waals surface area contributed by atoms with Crippen LogP contribution in [-0.4, -0.2) is 26.8 Å². The van der Waals surface area contributed by atoms with Crippen molar-refractivity contribution in [3.63, 3.8) is 0 Å². The molecule has 0 spiro atoms. The van der Waals surface area contributed by atoms with Crippen molar-refractivity contribution in [1.82, 2.24) is 15.3 Å². The summed E-state index contributed by atoms with van der Waals surface area (Å²) in [4.78, 5) is 24.2. The van der Waals surface area contributed by atoms with Gasteiger partial charge in [0.05, 0.1) is 5.54 Å². The number of rotatable bonds is 2. The van der Waals surface area contributed by atoms with E-state index in [1.807, 2.05) is 12.1 Å². The Bertz CT molecular complexity index is 747. The zero-order valence-electron chi connectivity index (χ0n) is 13.1. The van der Waals surface area contributed by atoms with Gasteiger partial charge in [-0.05, 0) is 30.5 Å². The third-order valence-electron chi connectivity index (χ3n) is 3.84. The van der Waals surface area contributed by atoms with Gasteiger partial charge in [-0.3, -0.25) is 9.79 Å². The lowest BCUT2D eigenvalue weighted by molar-refractivity contribution is -0.117. The predicted octanol–water partition coefficient (Wildman–Crippen LogP) is 2.99. The standard InChI is InChI=1S/C17H18N4OS/c1-12(22)20-16-21-17(2,6-7-23-16)15-5-3-4-13(8-15)14-9-18-11-19-10-14/h3-5,8-11H,6-7H2,1-2H3,(H,20,21,22)/t17-/m0/s1. The molecule has 0 unspecified atom stereocenters. The topological polar surface area (TPSA) is 67.2 Å². The summed E-state index contributed by atoms with van der Waals surface area (Å²) in [7, 11) is 0. The number of nitrogens with one attached hydrogen (secondary N) is 1. The van der Waals surface area contributed by atoms with Crippen molar-refractivity contribution in [1.29, 1.82) is 0 Å². The first kappa shape index (κ1) is 15.7. The van der Waals surface area contributed by atoms with Crippen LogP contribution < -0.4 is 5.32 Å². The molecule has 0 fully saturated rings. The number of aromatic nitrogens is 2. The lowest BCUT2D eigenvalue weighted by atomic mass is 9.88. The molecule has 1 aliphatic heterocycles. The summed E-state index contributed by atoms with van der Waals surface area (Å²) in [5, 5.41) is 3.50. The molecule has 118 valence electrons. The Morgan fingerprint density at radius 2 is 2.04 bits per heavy atom. The van der Waals surface area contributed by atoms with E-state index >= 15 is 0 Å². The van der Waals surface area contributed by atoms with E-state index in [-0.39, 0.29) is 11.4 Å². The van der Waals surface area contributed by atoms with Crippen LogP contribution in [0.1, 0.15) is 25.8 Å². The van der Waals surface area contributed by atoms with Gasteiger partial charge in [-0.1, -0.05) is 30.0 Å². The van der Waals surface area contributed by atoms with Crippen LogP contribution in [0.5, 0.6) is 0 Å². The highest BCUT2D eigenvalue weighted by molar-refractivity contribution is 8.13. The predicted molar refractivity (Wildman–Crippen MR) is 93.1 cm³/mol. The van der Waals surface area contributed by atoms with Crippen LogP contribution in [0.3, 0.4) is 0 Å². The Morgan fingerprint density at radius 1 is 1.26 bits per heavy atom. The minimum absolute atomic E-state index is 0.0873. The molecule has 0 aliphatic carbocycles. The number of aliphatic imine (C=N–C) groups is 1. The number of carbonyl (C=O) groups is 1. The smallest absolute Gasteiger partial charge is 0.222 e. The molecule has 2 heterocycles. The number of nitrogens with zero attached hydrogens (tertiary/aromatic N) is 3. The van der Waals surface area contributed by atoms with E-state index in [1.54, 1.807) is 24.2 Å². The van der Waals surface area contributed by atoms with Crippen LogP contribution in [0, 0.1) is 0 Å². The number of thioether (sulfide) groups is 1. The SMILES string of the molecule is CC(=O)NC1=N[C@](C)(c2cccc(-c3cncnc3)c2)CCS1. The summed E-state index contributed by atoms with van der Waals surface area (Å²) in [6, 6.07) is 8.28. The molecule has 6 heteroatoms. The Labute approximate surface area is 139 Å². The number of amides is 1. The number of hydrogen-bond acceptors (Lipinski definition) is 5. The molecule has 23 heavy (non-hydrogen) atoms. The van der Waals surface area contributed by atoms with Gasteiger partial charge in [-0.15, -0.1) is 0 Å². The fraction of sp³-hybridized carbons (Fsp3) is 0.294. The summed E-state index contributed by atoms with van der Waals surface area (Å²) in [5.74, 6) is 0.838. The molecule has 1 atom stereocenters. The van der Waals surface area contributed by atoms with Crippen molar-refractivity contribution in [3.05, 3.63) is 48.5 Å². The van der Waals surface area contributed by atoms with Gasteiger partial charge in [-0.2, -0.15) is 0 Å². The monoisotopic (exact) mass is 326 g/mol. The van der Waals surface area contributed by atoms with Crippen LogP contribution in [0.15, 0.2) is 48.0 Å². The Kier molecular flexibility index (Phi) is 4.43. The first-order valence-electron chi connectivity index (χ1n) is 7.43. The average Bonchev–Trinajstić information content (AvgIpc) is 2.55. The second-order valence-electron chi connectivity index (χ2n) is 5.68. The number of hydrogen-bond donors (Lipinski definition) is 1. The molecule has 1 N–H and O–H groups in total. The zero-order chi connectivity index (χ0) is 16.3. The minimum Gasteiger partial charge on any atom is -0.306 e. The molecule has 0 saturated carbocycles. The molecule has 0 saturated heterocycles. The third kappa shape index (κ3) is 3.59. The van der Waals surface area contributed by atoms with E-state index in [4.69, 9.17) is 4.99 Å². The van der Waals surface area contributed by atoms with E-state index in [0.29, 0.717) is 5.17 Å². The van der Waals surface area contributed by atoms with Crippen molar-refractivity contribution in [2.75, 3.05) is 5.75 Å². The zero-order valence-corrected chi connectivity index (χ0v) is 13.9. The summed E-state index contributed by atoms with van der Waals surface area (Å²) in [5.41, 5.74) is 2.84. The Morgan fingerprint density at radius 3 is 2.78 bits per heavy atom. The molecule has 1 aromatic carbocycles. The molecule has 2 aromatic rings. The van der Waals surface area contributed by atoms with Crippen molar-refractivity contribution >= 4 is 22.8 Å². The fourth-order valence-corrected chi connectivity index (χ4v) is 3.74. The van der Waals surface area contributed by atoms with Crippen molar-refractivity contribution in [3.8, 4) is 11.1 Å². The van der Waals surface area contributed by atoms with Gasteiger partial charge in [0.15, 0.2) is 5.17 Å². The number of carbonyl (C=O) groups excluding carboxylic acids is 1. The molecule has 5 nitrogen and oxygen atoms in total. The highest BCUT2D eigenvalue weighted by Gasteiger charge is 2.30. The third-order valence-corrected chi connectivity index (χ3v) is 4.71. The molecule has 1 aromatic heterocycles. The van der Waals surface area contributed by atoms with Gasteiger partial charge >= 0.3 is 0 Å². The summed E-state index contributed by atoms with van der Waals surface area (Å²) in [6.45, 7) is 3.61. The largest absolute Gasteiger partial charge is 0.306 e. The van der Waals surface area contributed by atoms with Crippen LogP contribution in [0.2, 0.25) is 0 Å². The summed E-state index contributed by atoms with van der Waals surface area (Å²) >= 11 is 1.59. The van der Waals surface area contributed by atoms with Gasteiger partial charge in [0.2, 0.25) is 5.91 Å². The lowest BCUT2D eigenvalue weighted by Crippen LogP contribution is -2.34. The maximum atomic E-state index is 11.3. The summed E-state index contributed by atoms with van der Waals surface area (Å²) < 4.78 is 0. The van der Waals surface area contributed by atoms with Gasteiger partial charge in [0.25, 0.3) is 0 Å². The maximum absolute atomic E-state index is 11.3. The molecule has 0 bridgehead atoms. The fourth-order valence-electron chi connectivity index (χ4n) is 2.56. The molecule has 1 aliphatic rings. The average molecular weight is 326 g/mol. The second kappa shape index (κ2) is 6.50. The first-order chi connectivity index (χ1) is 11.1. The van der Waals surface area contributed by atoms with E-state index in [9.17, 15) is 4.79 Å². The van der Waals surface area contributed by atoms with Crippen LogP contribution in [0.4, 0.5) is 0 Å². The van der Waals surface area contributed by atoms with Crippen LogP contribution in [-0.2, 0) is 10.3 Å². The van der Waals surface area contributed by atoms with Crippen LogP contribution in [0.25, 0.3) is 11.1 Å². The quantitative estimate of drug-likeness (QED) is 0.921. The normalized spacial score (nSPS) is 20.7. The maximum Gasteiger partial charge on any atom is 0.222 e. The van der Waals surface area contributed by atoms with E-state index < -0.39 is 0 Å². The minimum atomic E-state index is -0.339. The Hall–Kier alpha value is -2.21. The highest BCUT2D eigenvalue weighted by Crippen LogP contribution is 2.36. The van der Waals surface area contributed by atoms with E-state index in [0.717, 1.165) is 28.9 Å². The van der Waals surface area contributed by atoms with Gasteiger partial charge < -0.3 is 5.32 Å². The van der Waals surface area contributed by atoms with Crippen molar-refractivity contribution in [2.45, 2.75) is 25.8 Å². The lowest BCUT2D eigenvalue weighted by Gasteiger charge is -2.31. The highest BCUT2D eigenvalue weighted by atomic mass is 32.2. The number of amidine groups is 1. The van der Waals surface area contributed by atoms with Crippen molar-refractivity contribution < 1.29 is 4.79 Å². The van der Waals surface area contributed by atoms with Crippen molar-refractivity contribution in [2.24, 2.45) is 4.99 Å². The van der Waals surface area contributed by atoms with Gasteiger partial charge in [0, 0.05) is 30.6 Å². The molecular weight excluding hydrogens is 308 g/mol. The molecule has 1 amide bonds. The first-order valence-corrected chi connectivity index (χ1v) is 8.41. The van der Waals surface area contributed by atoms with Gasteiger partial charge in [0.1, 0.15) is 6.33 Å². The van der Waals surface area contributed by atoms with Gasteiger partial charge in [-0.25, -0.2) is 9.97 Å². The second-order valence-corrected chi connectivity index (χ2v) is 6.76. The molecule has 0 radical (unpaired) electrons. The van der Waals surface area contributed by atoms with E-state index in [1.165, 1.54) is 13.3 Å². The van der Waals surface area contributed by atoms with E-state index in [2.05, 4.69) is 34.3 Å². The number of benzene rings is 1. The summed E-state index contributed by atoms with van der Waals surface area (Å²) in [6.07, 6.45) is 6.06. The molecular formula is C17H18N4OS.